The van der Waals surface area contributed by atoms with Gasteiger partial charge in [0.2, 0.25) is 0 Å². The first-order valence-corrected chi connectivity index (χ1v) is 5.78. The number of benzene rings is 1. The molecule has 0 aliphatic carbocycles. The van der Waals surface area contributed by atoms with Gasteiger partial charge in [-0.25, -0.2) is 0 Å². The molecule has 0 aliphatic rings. The van der Waals surface area contributed by atoms with Gasteiger partial charge in [-0.2, -0.15) is 0 Å². The minimum Gasteiger partial charge on any atom is -0.396 e. The Labute approximate surface area is 98.7 Å². The van der Waals surface area contributed by atoms with Crippen LogP contribution in [-0.4, -0.2) is 18.3 Å². The standard InChI is InChI=1S/C11H16INO/c1-11(8-13,6-7-14)9-4-2-3-5-10(9)12/h2-5,14H,6-8,13H2,1H3. The predicted octanol–water partition coefficient (Wildman–Crippen LogP) is 1.89. The molecule has 3 N–H and O–H groups in total. The molecule has 0 aromatic heterocycles. The van der Waals surface area contributed by atoms with Gasteiger partial charge >= 0.3 is 0 Å². The lowest BCUT2D eigenvalue weighted by Crippen LogP contribution is -2.33. The first-order valence-electron chi connectivity index (χ1n) is 4.70. The van der Waals surface area contributed by atoms with Crippen LogP contribution in [0.15, 0.2) is 24.3 Å². The largest absolute Gasteiger partial charge is 0.396 e. The van der Waals surface area contributed by atoms with E-state index in [1.807, 2.05) is 12.1 Å². The molecular formula is C11H16INO. The van der Waals surface area contributed by atoms with E-state index in [1.165, 1.54) is 9.13 Å². The SMILES string of the molecule is CC(CN)(CCO)c1ccccc1I. The van der Waals surface area contributed by atoms with Crippen LogP contribution in [0, 0.1) is 3.57 Å². The van der Waals surface area contributed by atoms with Crippen molar-refractivity contribution in [3.05, 3.63) is 33.4 Å². The van der Waals surface area contributed by atoms with Gasteiger partial charge in [-0.15, -0.1) is 0 Å². The van der Waals surface area contributed by atoms with Gasteiger partial charge in [0, 0.05) is 22.1 Å². The Morgan fingerprint density at radius 2 is 2.07 bits per heavy atom. The van der Waals surface area contributed by atoms with Crippen LogP contribution in [0.5, 0.6) is 0 Å². The van der Waals surface area contributed by atoms with Crippen molar-refractivity contribution in [2.75, 3.05) is 13.2 Å². The van der Waals surface area contributed by atoms with E-state index >= 15 is 0 Å². The summed E-state index contributed by atoms with van der Waals surface area (Å²) in [5.41, 5.74) is 6.91. The van der Waals surface area contributed by atoms with Crippen LogP contribution in [0.1, 0.15) is 18.9 Å². The zero-order valence-corrected chi connectivity index (χ0v) is 10.5. The molecule has 1 atom stereocenters. The lowest BCUT2D eigenvalue weighted by molar-refractivity contribution is 0.246. The normalized spacial score (nSPS) is 15.1. The summed E-state index contributed by atoms with van der Waals surface area (Å²) in [4.78, 5) is 0. The van der Waals surface area contributed by atoms with Gasteiger partial charge in [-0.3, -0.25) is 0 Å². The molecule has 0 bridgehead atoms. The first-order chi connectivity index (χ1) is 6.64. The molecule has 0 saturated heterocycles. The lowest BCUT2D eigenvalue weighted by Gasteiger charge is -2.28. The van der Waals surface area contributed by atoms with Gasteiger partial charge < -0.3 is 10.8 Å². The van der Waals surface area contributed by atoms with Crippen LogP contribution in [0.3, 0.4) is 0 Å². The zero-order valence-electron chi connectivity index (χ0n) is 8.33. The van der Waals surface area contributed by atoms with E-state index in [2.05, 4.69) is 41.6 Å². The van der Waals surface area contributed by atoms with E-state index in [1.54, 1.807) is 0 Å². The van der Waals surface area contributed by atoms with E-state index in [0.717, 1.165) is 0 Å². The molecule has 0 fully saturated rings. The number of rotatable bonds is 4. The van der Waals surface area contributed by atoms with Gasteiger partial charge in [-0.1, -0.05) is 25.1 Å². The first kappa shape index (κ1) is 11.9. The number of aliphatic hydroxyl groups is 1. The van der Waals surface area contributed by atoms with Gasteiger partial charge in [-0.05, 0) is 40.6 Å². The molecule has 3 heteroatoms. The Morgan fingerprint density at radius 3 is 2.57 bits per heavy atom. The Morgan fingerprint density at radius 1 is 1.43 bits per heavy atom. The summed E-state index contributed by atoms with van der Waals surface area (Å²) < 4.78 is 1.21. The van der Waals surface area contributed by atoms with Crippen molar-refractivity contribution < 1.29 is 5.11 Å². The molecule has 78 valence electrons. The number of hydrogen-bond donors (Lipinski definition) is 2. The second kappa shape index (κ2) is 5.09. The summed E-state index contributed by atoms with van der Waals surface area (Å²) in [6.07, 6.45) is 0.712. The summed E-state index contributed by atoms with van der Waals surface area (Å²) in [7, 11) is 0. The highest BCUT2D eigenvalue weighted by Crippen LogP contribution is 2.29. The van der Waals surface area contributed by atoms with Gasteiger partial charge in [0.25, 0.3) is 0 Å². The molecular weight excluding hydrogens is 289 g/mol. The van der Waals surface area contributed by atoms with Crippen LogP contribution in [0.25, 0.3) is 0 Å². The van der Waals surface area contributed by atoms with Gasteiger partial charge in [0.05, 0.1) is 0 Å². The smallest absolute Gasteiger partial charge is 0.0439 e. The maximum Gasteiger partial charge on any atom is 0.0439 e. The molecule has 1 aromatic carbocycles. The van der Waals surface area contributed by atoms with Crippen molar-refractivity contribution in [3.8, 4) is 0 Å². The van der Waals surface area contributed by atoms with Crippen molar-refractivity contribution in [2.24, 2.45) is 5.73 Å². The molecule has 1 unspecified atom stereocenters. The van der Waals surface area contributed by atoms with E-state index in [0.29, 0.717) is 13.0 Å². The second-order valence-corrected chi connectivity index (χ2v) is 4.88. The lowest BCUT2D eigenvalue weighted by atomic mass is 9.80. The minimum atomic E-state index is -0.105. The topological polar surface area (TPSA) is 46.2 Å². The molecule has 1 aromatic rings. The Kier molecular flexibility index (Phi) is 4.34. The second-order valence-electron chi connectivity index (χ2n) is 3.72. The van der Waals surface area contributed by atoms with E-state index in [4.69, 9.17) is 10.8 Å². The summed E-state index contributed by atoms with van der Waals surface area (Å²) in [6.45, 7) is 2.84. The van der Waals surface area contributed by atoms with Crippen molar-refractivity contribution in [2.45, 2.75) is 18.8 Å². The molecule has 0 spiro atoms. The quantitative estimate of drug-likeness (QED) is 0.835. The Balaban J connectivity index is 3.05. The number of nitrogens with two attached hydrogens (primary N) is 1. The van der Waals surface area contributed by atoms with Gasteiger partial charge in [0.15, 0.2) is 0 Å². The van der Waals surface area contributed by atoms with Crippen molar-refractivity contribution >= 4 is 22.6 Å². The average molecular weight is 305 g/mol. The highest BCUT2D eigenvalue weighted by atomic mass is 127. The molecule has 14 heavy (non-hydrogen) atoms. The highest BCUT2D eigenvalue weighted by molar-refractivity contribution is 14.1. The number of hydrogen-bond acceptors (Lipinski definition) is 2. The summed E-state index contributed by atoms with van der Waals surface area (Å²) in [5.74, 6) is 0. The maximum absolute atomic E-state index is 9.03. The van der Waals surface area contributed by atoms with E-state index in [9.17, 15) is 0 Å². The van der Waals surface area contributed by atoms with Crippen LogP contribution in [0.4, 0.5) is 0 Å². The Bertz CT molecular complexity index is 303. The fourth-order valence-corrected chi connectivity index (χ4v) is 2.58. The third-order valence-electron chi connectivity index (χ3n) is 2.64. The van der Waals surface area contributed by atoms with Crippen molar-refractivity contribution in [3.63, 3.8) is 0 Å². The van der Waals surface area contributed by atoms with Crippen LogP contribution >= 0.6 is 22.6 Å². The fraction of sp³-hybridized carbons (Fsp3) is 0.455. The number of halogens is 1. The molecule has 0 amide bonds. The predicted molar refractivity (Wildman–Crippen MR) is 67.3 cm³/mol. The maximum atomic E-state index is 9.03. The summed E-state index contributed by atoms with van der Waals surface area (Å²) >= 11 is 2.31. The molecule has 0 radical (unpaired) electrons. The molecule has 0 aliphatic heterocycles. The minimum absolute atomic E-state index is 0.105. The van der Waals surface area contributed by atoms with E-state index < -0.39 is 0 Å². The van der Waals surface area contributed by atoms with Crippen LogP contribution in [-0.2, 0) is 5.41 Å². The third kappa shape index (κ3) is 2.46. The number of aliphatic hydroxyl groups excluding tert-OH is 1. The average Bonchev–Trinajstić information content (AvgIpc) is 2.18. The molecule has 0 heterocycles. The highest BCUT2D eigenvalue weighted by Gasteiger charge is 2.25. The summed E-state index contributed by atoms with van der Waals surface area (Å²) in [5, 5.41) is 9.03. The molecule has 2 nitrogen and oxygen atoms in total. The van der Waals surface area contributed by atoms with E-state index in [-0.39, 0.29) is 12.0 Å². The molecule has 0 saturated carbocycles. The summed E-state index contributed by atoms with van der Waals surface area (Å²) in [6, 6.07) is 8.19. The Hall–Kier alpha value is -0.130. The van der Waals surface area contributed by atoms with Gasteiger partial charge in [0.1, 0.15) is 0 Å². The van der Waals surface area contributed by atoms with Crippen molar-refractivity contribution in [1.82, 2.24) is 0 Å². The van der Waals surface area contributed by atoms with Crippen LogP contribution < -0.4 is 5.73 Å². The fourth-order valence-electron chi connectivity index (χ4n) is 1.54. The van der Waals surface area contributed by atoms with Crippen molar-refractivity contribution in [1.29, 1.82) is 0 Å². The molecule has 1 rings (SSSR count). The van der Waals surface area contributed by atoms with Crippen LogP contribution in [0.2, 0.25) is 0 Å². The zero-order chi connectivity index (χ0) is 10.6. The monoisotopic (exact) mass is 305 g/mol. The third-order valence-corrected chi connectivity index (χ3v) is 3.58.